The van der Waals surface area contributed by atoms with Crippen LogP contribution in [0.2, 0.25) is 0 Å². The molecule has 0 saturated carbocycles. The second kappa shape index (κ2) is 5.14. The maximum atomic E-state index is 10.0. The molecule has 4 heteroatoms. The van der Waals surface area contributed by atoms with Crippen molar-refractivity contribution >= 4 is 11.1 Å². The first-order valence-corrected chi connectivity index (χ1v) is 5.81. The summed E-state index contributed by atoms with van der Waals surface area (Å²) in [4.78, 5) is 4.40. The molecule has 3 nitrogen and oxygen atoms in total. The van der Waals surface area contributed by atoms with E-state index in [0.29, 0.717) is 11.5 Å². The minimum Gasteiger partial charge on any atom is -0.507 e. The van der Waals surface area contributed by atoms with Crippen LogP contribution in [0.15, 0.2) is 40.8 Å². The molecule has 1 heterocycles. The number of phenols is 1. The third-order valence-corrected chi connectivity index (χ3v) is 3.01. The molecule has 2 aromatic carbocycles. The third kappa shape index (κ3) is 2.41. The molecule has 0 aliphatic carbocycles. The molecular weight excluding hydrogens is 292 g/mol. The number of benzene rings is 2. The molecular formula is C15H13NO2Zn. The molecule has 3 rings (SSSR count). The van der Waals surface area contributed by atoms with Crippen molar-refractivity contribution in [3.8, 4) is 17.2 Å². The summed E-state index contributed by atoms with van der Waals surface area (Å²) in [5, 5.41) is 10.0. The van der Waals surface area contributed by atoms with Gasteiger partial charge in [0.1, 0.15) is 11.3 Å². The van der Waals surface area contributed by atoms with Gasteiger partial charge in [-0.25, -0.2) is 4.98 Å². The number of aromatic nitrogens is 1. The Morgan fingerprint density at radius 2 is 1.89 bits per heavy atom. The molecule has 0 aliphatic heterocycles. The summed E-state index contributed by atoms with van der Waals surface area (Å²) in [7, 11) is 0. The van der Waals surface area contributed by atoms with Gasteiger partial charge in [-0.3, -0.25) is 0 Å². The van der Waals surface area contributed by atoms with Crippen LogP contribution in [-0.4, -0.2) is 10.1 Å². The van der Waals surface area contributed by atoms with E-state index in [4.69, 9.17) is 4.42 Å². The Morgan fingerprint density at radius 3 is 2.68 bits per heavy atom. The van der Waals surface area contributed by atoms with E-state index in [-0.39, 0.29) is 25.2 Å². The fourth-order valence-electron chi connectivity index (χ4n) is 1.98. The van der Waals surface area contributed by atoms with Crippen molar-refractivity contribution in [3.05, 3.63) is 47.5 Å². The number of nitrogens with zero attached hydrogens (tertiary/aromatic N) is 1. The summed E-state index contributed by atoms with van der Waals surface area (Å²) >= 11 is 0. The molecule has 0 amide bonds. The maximum Gasteiger partial charge on any atom is 0.231 e. The largest absolute Gasteiger partial charge is 0.507 e. The fourth-order valence-corrected chi connectivity index (χ4v) is 1.98. The van der Waals surface area contributed by atoms with Crippen molar-refractivity contribution in [3.63, 3.8) is 0 Å². The summed E-state index contributed by atoms with van der Waals surface area (Å²) in [6.07, 6.45) is 0. The van der Waals surface area contributed by atoms with Gasteiger partial charge in [0, 0.05) is 19.5 Å². The molecule has 19 heavy (non-hydrogen) atoms. The van der Waals surface area contributed by atoms with E-state index in [0.717, 1.165) is 22.2 Å². The molecule has 0 atom stereocenters. The van der Waals surface area contributed by atoms with E-state index in [1.165, 1.54) is 0 Å². The summed E-state index contributed by atoms with van der Waals surface area (Å²) in [6, 6.07) is 11.4. The summed E-state index contributed by atoms with van der Waals surface area (Å²) in [5.74, 6) is 0.678. The first-order valence-electron chi connectivity index (χ1n) is 5.81. The summed E-state index contributed by atoms with van der Waals surface area (Å²) in [6.45, 7) is 3.86. The van der Waals surface area contributed by atoms with E-state index >= 15 is 0 Å². The minimum atomic E-state index is 0. The molecule has 0 aliphatic rings. The molecule has 0 saturated heterocycles. The van der Waals surface area contributed by atoms with Gasteiger partial charge in [0.2, 0.25) is 5.89 Å². The van der Waals surface area contributed by atoms with Crippen molar-refractivity contribution < 1.29 is 29.0 Å². The molecule has 0 spiro atoms. The fraction of sp³-hybridized carbons (Fsp3) is 0.133. The van der Waals surface area contributed by atoms with Crippen molar-refractivity contribution in [2.75, 3.05) is 0 Å². The zero-order valence-electron chi connectivity index (χ0n) is 11.0. The van der Waals surface area contributed by atoms with Crippen LogP contribution in [0.3, 0.4) is 0 Å². The van der Waals surface area contributed by atoms with Gasteiger partial charge in [0.25, 0.3) is 0 Å². The molecule has 0 radical (unpaired) electrons. The number of phenolic OH excluding ortho intramolecular Hbond substituents is 1. The van der Waals surface area contributed by atoms with Crippen molar-refractivity contribution in [1.82, 2.24) is 4.98 Å². The molecule has 1 N–H and O–H groups in total. The number of aromatic hydroxyl groups is 1. The van der Waals surface area contributed by atoms with Crippen molar-refractivity contribution in [2.24, 2.45) is 0 Å². The zero-order chi connectivity index (χ0) is 12.7. The average molecular weight is 305 g/mol. The number of fused-ring (bicyclic) bond motifs is 1. The summed E-state index contributed by atoms with van der Waals surface area (Å²) < 4.78 is 5.70. The van der Waals surface area contributed by atoms with Gasteiger partial charge in [0.15, 0.2) is 5.58 Å². The Labute approximate surface area is 124 Å². The van der Waals surface area contributed by atoms with Crippen LogP contribution < -0.4 is 0 Å². The predicted molar refractivity (Wildman–Crippen MR) is 70.6 cm³/mol. The molecule has 92 valence electrons. The molecule has 0 fully saturated rings. The Balaban J connectivity index is 0.00000133. The Morgan fingerprint density at radius 1 is 1.11 bits per heavy atom. The van der Waals surface area contributed by atoms with Crippen LogP contribution in [0.5, 0.6) is 5.75 Å². The van der Waals surface area contributed by atoms with Crippen LogP contribution in [0.1, 0.15) is 11.1 Å². The van der Waals surface area contributed by atoms with Gasteiger partial charge in [-0.05, 0) is 43.2 Å². The van der Waals surface area contributed by atoms with E-state index in [2.05, 4.69) is 4.98 Å². The first-order chi connectivity index (χ1) is 8.65. The van der Waals surface area contributed by atoms with E-state index in [1.807, 2.05) is 44.2 Å². The smallest absolute Gasteiger partial charge is 0.231 e. The van der Waals surface area contributed by atoms with Gasteiger partial charge < -0.3 is 9.52 Å². The van der Waals surface area contributed by atoms with Crippen LogP contribution in [0.4, 0.5) is 0 Å². The number of hydrogen-bond donors (Lipinski definition) is 1. The Bertz CT molecular complexity index is 734. The van der Waals surface area contributed by atoms with Crippen LogP contribution >= 0.6 is 0 Å². The molecule has 1 aromatic heterocycles. The number of oxazole rings is 1. The van der Waals surface area contributed by atoms with E-state index < -0.39 is 0 Å². The van der Waals surface area contributed by atoms with Crippen molar-refractivity contribution in [2.45, 2.75) is 13.8 Å². The van der Waals surface area contributed by atoms with Gasteiger partial charge in [0.05, 0.1) is 5.56 Å². The van der Waals surface area contributed by atoms with Gasteiger partial charge in [-0.2, -0.15) is 0 Å². The van der Waals surface area contributed by atoms with Crippen LogP contribution in [-0.2, 0) is 19.5 Å². The maximum absolute atomic E-state index is 10.0. The topological polar surface area (TPSA) is 46.3 Å². The van der Waals surface area contributed by atoms with Crippen LogP contribution in [0, 0.1) is 13.8 Å². The molecule has 0 bridgehead atoms. The minimum absolute atomic E-state index is 0. The van der Waals surface area contributed by atoms with E-state index in [1.54, 1.807) is 6.07 Å². The summed E-state index contributed by atoms with van der Waals surface area (Å²) in [5.41, 5.74) is 4.11. The number of para-hydroxylation sites is 1. The first kappa shape index (κ1) is 13.8. The van der Waals surface area contributed by atoms with Crippen molar-refractivity contribution in [1.29, 1.82) is 0 Å². The monoisotopic (exact) mass is 303 g/mol. The standard InChI is InChI=1S/C15H13NO2.Zn/c1-9-6-7-12-13(8-9)18-15(16-12)11-5-3-4-10(2)14(11)17;/h3-8,17H,1-2H3;. The van der Waals surface area contributed by atoms with Gasteiger partial charge in [-0.15, -0.1) is 0 Å². The Kier molecular flexibility index (Phi) is 3.72. The average Bonchev–Trinajstić information content (AvgIpc) is 2.75. The Hall–Kier alpha value is -1.67. The number of hydrogen-bond acceptors (Lipinski definition) is 3. The number of aryl methyl sites for hydroxylation is 2. The van der Waals surface area contributed by atoms with Gasteiger partial charge in [-0.1, -0.05) is 18.2 Å². The van der Waals surface area contributed by atoms with Crippen LogP contribution in [0.25, 0.3) is 22.6 Å². The zero-order valence-corrected chi connectivity index (χ0v) is 13.9. The SMILES string of the molecule is Cc1ccc2nc(-c3cccc(C)c3O)oc2c1.[Zn]. The normalized spacial score (nSPS) is 10.4. The second-order valence-corrected chi connectivity index (χ2v) is 4.46. The predicted octanol–water partition coefficient (Wildman–Crippen LogP) is 3.81. The van der Waals surface area contributed by atoms with E-state index in [9.17, 15) is 5.11 Å². The molecule has 3 aromatic rings. The third-order valence-electron chi connectivity index (χ3n) is 3.01. The number of rotatable bonds is 1. The molecule has 0 unspecified atom stereocenters. The van der Waals surface area contributed by atoms with Gasteiger partial charge >= 0.3 is 0 Å². The quantitative estimate of drug-likeness (QED) is 0.695. The second-order valence-electron chi connectivity index (χ2n) is 4.46.